The number of azo groups is 1. The Labute approximate surface area is 178 Å². The van der Waals surface area contributed by atoms with Crippen molar-refractivity contribution in [1.82, 2.24) is 5.32 Å². The third kappa shape index (κ3) is 6.57. The Hall–Kier alpha value is -4.40. The molecule has 31 heavy (non-hydrogen) atoms. The van der Waals surface area contributed by atoms with Gasteiger partial charge in [-0.25, -0.2) is 0 Å². The average Bonchev–Trinajstić information content (AvgIpc) is 2.79. The van der Waals surface area contributed by atoms with Gasteiger partial charge in [-0.2, -0.15) is 10.2 Å². The summed E-state index contributed by atoms with van der Waals surface area (Å²) in [6.45, 7) is 0.130. The lowest BCUT2D eigenvalue weighted by molar-refractivity contribution is -0.384. The summed E-state index contributed by atoms with van der Waals surface area (Å²) >= 11 is 0. The third-order valence-corrected chi connectivity index (χ3v) is 4.17. The van der Waals surface area contributed by atoms with E-state index in [1.54, 1.807) is 24.3 Å². The van der Waals surface area contributed by atoms with Crippen molar-refractivity contribution in [1.29, 1.82) is 0 Å². The summed E-state index contributed by atoms with van der Waals surface area (Å²) in [7, 11) is 0. The number of carbonyl (C=O) groups is 2. The van der Waals surface area contributed by atoms with Gasteiger partial charge in [0.1, 0.15) is 0 Å². The number of nitro benzene ring substituents is 1. The molecular formula is C22H19N5O4. The van der Waals surface area contributed by atoms with E-state index in [9.17, 15) is 19.7 Å². The number of hydrogen-bond acceptors (Lipinski definition) is 6. The number of rotatable bonds is 8. The molecule has 0 bridgehead atoms. The van der Waals surface area contributed by atoms with E-state index in [1.165, 1.54) is 24.3 Å². The Kier molecular flexibility index (Phi) is 7.15. The van der Waals surface area contributed by atoms with Crippen molar-refractivity contribution in [2.75, 3.05) is 11.9 Å². The minimum Gasteiger partial charge on any atom is -0.352 e. The second-order valence-corrected chi connectivity index (χ2v) is 6.44. The fourth-order valence-corrected chi connectivity index (χ4v) is 2.57. The molecule has 0 heterocycles. The molecule has 0 aromatic heterocycles. The summed E-state index contributed by atoms with van der Waals surface area (Å²) < 4.78 is 0. The van der Waals surface area contributed by atoms with Crippen molar-refractivity contribution in [3.63, 3.8) is 0 Å². The maximum absolute atomic E-state index is 12.1. The van der Waals surface area contributed by atoms with Crippen LogP contribution in [0.4, 0.5) is 22.7 Å². The SMILES string of the molecule is O=C(CCNC(=O)c1ccc([N+](=O)[O-])cc1)Nc1ccc(N=Nc2ccccc2)cc1. The summed E-state index contributed by atoms with van der Waals surface area (Å²) in [6.07, 6.45) is 0.0776. The molecule has 0 atom stereocenters. The zero-order chi connectivity index (χ0) is 22.1. The summed E-state index contributed by atoms with van der Waals surface area (Å²) in [5.74, 6) is -0.668. The van der Waals surface area contributed by atoms with Crippen LogP contribution in [0.25, 0.3) is 0 Å². The molecule has 0 saturated carbocycles. The maximum Gasteiger partial charge on any atom is 0.269 e. The van der Waals surface area contributed by atoms with Crippen molar-refractivity contribution < 1.29 is 14.5 Å². The third-order valence-electron chi connectivity index (χ3n) is 4.17. The molecule has 9 heteroatoms. The fraction of sp³-hybridized carbons (Fsp3) is 0.0909. The van der Waals surface area contributed by atoms with Crippen LogP contribution in [-0.2, 0) is 4.79 Å². The quantitative estimate of drug-likeness (QED) is 0.311. The standard InChI is InChI=1S/C22H19N5O4/c28-21(14-15-23-22(29)16-6-12-20(13-7-16)27(30)31)24-17-8-10-19(11-9-17)26-25-18-4-2-1-3-5-18/h1-13H,14-15H2,(H,23,29)(H,24,28). The van der Waals surface area contributed by atoms with E-state index in [2.05, 4.69) is 20.9 Å². The van der Waals surface area contributed by atoms with Crippen molar-refractivity contribution in [2.24, 2.45) is 10.2 Å². The van der Waals surface area contributed by atoms with Gasteiger partial charge in [-0.15, -0.1) is 0 Å². The molecule has 0 unspecified atom stereocenters. The number of nitro groups is 1. The number of anilines is 1. The predicted molar refractivity (Wildman–Crippen MR) is 116 cm³/mol. The van der Waals surface area contributed by atoms with Crippen LogP contribution in [-0.4, -0.2) is 23.3 Å². The van der Waals surface area contributed by atoms with E-state index < -0.39 is 10.8 Å². The molecule has 0 aliphatic heterocycles. The van der Waals surface area contributed by atoms with Gasteiger partial charge >= 0.3 is 0 Å². The van der Waals surface area contributed by atoms with E-state index in [0.717, 1.165) is 5.69 Å². The Bertz CT molecular complexity index is 1080. The molecule has 2 N–H and O–H groups in total. The van der Waals surface area contributed by atoms with Gasteiger partial charge in [0.15, 0.2) is 0 Å². The molecule has 0 fully saturated rings. The molecule has 0 radical (unpaired) electrons. The molecule has 0 saturated heterocycles. The first-order valence-corrected chi connectivity index (χ1v) is 9.40. The molecule has 9 nitrogen and oxygen atoms in total. The lowest BCUT2D eigenvalue weighted by Crippen LogP contribution is -2.27. The molecule has 3 aromatic rings. The van der Waals surface area contributed by atoms with E-state index in [4.69, 9.17) is 0 Å². The van der Waals surface area contributed by atoms with Crippen LogP contribution in [0.2, 0.25) is 0 Å². The van der Waals surface area contributed by atoms with E-state index in [1.807, 2.05) is 30.3 Å². The highest BCUT2D eigenvalue weighted by Crippen LogP contribution is 2.20. The van der Waals surface area contributed by atoms with Crippen LogP contribution in [0.1, 0.15) is 16.8 Å². The first-order chi connectivity index (χ1) is 15.0. The van der Waals surface area contributed by atoms with Crippen molar-refractivity contribution in [2.45, 2.75) is 6.42 Å². The van der Waals surface area contributed by atoms with Gasteiger partial charge in [0, 0.05) is 36.3 Å². The second-order valence-electron chi connectivity index (χ2n) is 6.44. The Morgan fingerprint density at radius 1 is 0.839 bits per heavy atom. The highest BCUT2D eigenvalue weighted by molar-refractivity contribution is 5.95. The van der Waals surface area contributed by atoms with Crippen molar-refractivity contribution in [3.8, 4) is 0 Å². The normalized spacial score (nSPS) is 10.6. The number of nitrogens with one attached hydrogen (secondary N) is 2. The smallest absolute Gasteiger partial charge is 0.269 e. The van der Waals surface area contributed by atoms with Gasteiger partial charge in [-0.1, -0.05) is 18.2 Å². The van der Waals surface area contributed by atoms with Gasteiger partial charge in [0.05, 0.1) is 16.3 Å². The Morgan fingerprint density at radius 3 is 2.06 bits per heavy atom. The van der Waals surface area contributed by atoms with E-state index >= 15 is 0 Å². The molecule has 156 valence electrons. The number of non-ortho nitro benzene ring substituents is 1. The van der Waals surface area contributed by atoms with Crippen LogP contribution >= 0.6 is 0 Å². The number of nitrogens with zero attached hydrogens (tertiary/aromatic N) is 3. The molecule has 2 amide bonds. The number of amides is 2. The summed E-state index contributed by atoms with van der Waals surface area (Å²) in [5.41, 5.74) is 2.19. The van der Waals surface area contributed by atoms with Gasteiger partial charge < -0.3 is 10.6 Å². The lowest BCUT2D eigenvalue weighted by atomic mass is 10.2. The number of carbonyl (C=O) groups excluding carboxylic acids is 2. The zero-order valence-corrected chi connectivity index (χ0v) is 16.4. The topological polar surface area (TPSA) is 126 Å². The summed E-state index contributed by atoms with van der Waals surface area (Å²) in [4.78, 5) is 34.2. The van der Waals surface area contributed by atoms with Gasteiger partial charge in [-0.05, 0) is 48.5 Å². The molecule has 0 aliphatic carbocycles. The Morgan fingerprint density at radius 2 is 1.45 bits per heavy atom. The fourth-order valence-electron chi connectivity index (χ4n) is 2.57. The number of hydrogen-bond donors (Lipinski definition) is 2. The van der Waals surface area contributed by atoms with Crippen LogP contribution in [0.5, 0.6) is 0 Å². The van der Waals surface area contributed by atoms with Gasteiger partial charge in [0.25, 0.3) is 11.6 Å². The average molecular weight is 417 g/mol. The first-order valence-electron chi connectivity index (χ1n) is 9.40. The molecule has 3 aromatic carbocycles. The monoisotopic (exact) mass is 417 g/mol. The van der Waals surface area contributed by atoms with Crippen molar-refractivity contribution in [3.05, 3.63) is 94.5 Å². The highest BCUT2D eigenvalue weighted by atomic mass is 16.6. The number of benzene rings is 3. The van der Waals surface area contributed by atoms with E-state index in [0.29, 0.717) is 11.4 Å². The lowest BCUT2D eigenvalue weighted by Gasteiger charge is -2.07. The van der Waals surface area contributed by atoms with Crippen LogP contribution in [0.3, 0.4) is 0 Å². The summed E-state index contributed by atoms with van der Waals surface area (Å²) in [5, 5.41) is 24.3. The predicted octanol–water partition coefficient (Wildman–Crippen LogP) is 4.77. The minimum atomic E-state index is -0.537. The Balaban J connectivity index is 1.43. The largest absolute Gasteiger partial charge is 0.352 e. The van der Waals surface area contributed by atoms with Crippen LogP contribution in [0, 0.1) is 10.1 Å². The second kappa shape index (κ2) is 10.4. The molecule has 0 spiro atoms. The van der Waals surface area contributed by atoms with Crippen molar-refractivity contribution >= 4 is 34.6 Å². The first kappa shape index (κ1) is 21.3. The summed E-state index contributed by atoms with van der Waals surface area (Å²) in [6, 6.07) is 21.5. The van der Waals surface area contributed by atoms with Crippen LogP contribution < -0.4 is 10.6 Å². The highest BCUT2D eigenvalue weighted by Gasteiger charge is 2.10. The van der Waals surface area contributed by atoms with Gasteiger partial charge in [0.2, 0.25) is 5.91 Å². The van der Waals surface area contributed by atoms with Gasteiger partial charge in [-0.3, -0.25) is 19.7 Å². The van der Waals surface area contributed by atoms with Crippen LogP contribution in [0.15, 0.2) is 89.1 Å². The maximum atomic E-state index is 12.1. The molecular weight excluding hydrogens is 398 g/mol. The minimum absolute atomic E-state index is 0.0776. The molecule has 0 aliphatic rings. The zero-order valence-electron chi connectivity index (χ0n) is 16.4. The molecule has 3 rings (SSSR count). The van der Waals surface area contributed by atoms with E-state index in [-0.39, 0.29) is 30.1 Å².